The lowest BCUT2D eigenvalue weighted by atomic mass is 9.94. The molecular formula is C16H26N4O2. The maximum atomic E-state index is 11.5. The molecule has 0 radical (unpaired) electrons. The molecule has 6 heteroatoms. The van der Waals surface area contributed by atoms with E-state index in [1.165, 1.54) is 0 Å². The number of piperidine rings is 1. The molecule has 3 heterocycles. The summed E-state index contributed by atoms with van der Waals surface area (Å²) in [6.07, 6.45) is 3.94. The van der Waals surface area contributed by atoms with E-state index in [0.717, 1.165) is 56.8 Å². The molecule has 0 aromatic carbocycles. The molecule has 0 spiro atoms. The molecule has 1 fully saturated rings. The number of carbonyl (C=O) groups is 1. The van der Waals surface area contributed by atoms with E-state index in [1.807, 2.05) is 0 Å². The highest BCUT2D eigenvalue weighted by molar-refractivity contribution is 5.87. The third-order valence-corrected chi connectivity index (χ3v) is 5.11. The van der Waals surface area contributed by atoms with Gasteiger partial charge in [0.25, 0.3) is 0 Å². The van der Waals surface area contributed by atoms with E-state index in [2.05, 4.69) is 28.3 Å². The summed E-state index contributed by atoms with van der Waals surface area (Å²) in [5, 5.41) is 9.45. The third kappa shape index (κ3) is 2.65. The molecular weight excluding hydrogens is 280 g/mol. The van der Waals surface area contributed by atoms with Gasteiger partial charge in [-0.05, 0) is 52.6 Å². The molecule has 3 N–H and O–H groups in total. The minimum absolute atomic E-state index is 0.175. The van der Waals surface area contributed by atoms with E-state index in [1.54, 1.807) is 0 Å². The number of fused-ring (bicyclic) bond motifs is 1. The zero-order chi connectivity index (χ0) is 15.9. The van der Waals surface area contributed by atoms with Gasteiger partial charge in [0.2, 0.25) is 0 Å². The van der Waals surface area contributed by atoms with Crippen molar-refractivity contribution in [1.29, 1.82) is 0 Å². The van der Waals surface area contributed by atoms with Gasteiger partial charge in [-0.2, -0.15) is 0 Å². The Bertz CT molecular complexity index is 559. The van der Waals surface area contributed by atoms with Crippen LogP contribution in [-0.4, -0.2) is 44.7 Å². The van der Waals surface area contributed by atoms with Crippen molar-refractivity contribution in [2.45, 2.75) is 64.1 Å². The summed E-state index contributed by atoms with van der Waals surface area (Å²) >= 11 is 0. The van der Waals surface area contributed by atoms with Crippen LogP contribution in [0.5, 0.6) is 0 Å². The summed E-state index contributed by atoms with van der Waals surface area (Å²) in [7, 11) is 0. The number of imidazole rings is 1. The Labute approximate surface area is 131 Å². The molecule has 1 aromatic heterocycles. The lowest BCUT2D eigenvalue weighted by Gasteiger charge is -2.35. The number of aromatic carboxylic acids is 1. The van der Waals surface area contributed by atoms with Gasteiger partial charge in [-0.1, -0.05) is 0 Å². The maximum absolute atomic E-state index is 11.5. The summed E-state index contributed by atoms with van der Waals surface area (Å²) in [5.41, 5.74) is 7.07. The highest BCUT2D eigenvalue weighted by Gasteiger charge is 2.33. The number of carboxylic acid groups (broad SMARTS) is 1. The second-order valence-corrected chi connectivity index (χ2v) is 6.81. The lowest BCUT2D eigenvalue weighted by molar-refractivity contribution is 0.0688. The van der Waals surface area contributed by atoms with Gasteiger partial charge >= 0.3 is 5.97 Å². The zero-order valence-electron chi connectivity index (χ0n) is 13.5. The number of hydrogen-bond donors (Lipinski definition) is 2. The van der Waals surface area contributed by atoms with Crippen LogP contribution in [0, 0.1) is 0 Å². The van der Waals surface area contributed by atoms with E-state index >= 15 is 0 Å². The maximum Gasteiger partial charge on any atom is 0.356 e. The van der Waals surface area contributed by atoms with Crippen molar-refractivity contribution < 1.29 is 9.90 Å². The second kappa shape index (κ2) is 6.01. The van der Waals surface area contributed by atoms with Crippen LogP contribution >= 0.6 is 0 Å². The van der Waals surface area contributed by atoms with Crippen molar-refractivity contribution in [2.24, 2.45) is 5.73 Å². The first-order valence-corrected chi connectivity index (χ1v) is 8.32. The van der Waals surface area contributed by atoms with Gasteiger partial charge in [0.15, 0.2) is 5.69 Å². The quantitative estimate of drug-likeness (QED) is 0.892. The Morgan fingerprint density at radius 2 is 1.95 bits per heavy atom. The Hall–Kier alpha value is -1.40. The zero-order valence-corrected chi connectivity index (χ0v) is 13.5. The highest BCUT2D eigenvalue weighted by Crippen LogP contribution is 2.34. The highest BCUT2D eigenvalue weighted by atomic mass is 16.4. The molecule has 22 heavy (non-hydrogen) atoms. The predicted molar refractivity (Wildman–Crippen MR) is 84.0 cm³/mol. The van der Waals surface area contributed by atoms with Gasteiger partial charge in [-0.25, -0.2) is 9.78 Å². The molecule has 122 valence electrons. The Balaban J connectivity index is 1.89. The minimum atomic E-state index is -0.952. The first kappa shape index (κ1) is 15.5. The lowest BCUT2D eigenvalue weighted by Crippen LogP contribution is -2.38. The topological polar surface area (TPSA) is 84.4 Å². The Kier molecular flexibility index (Phi) is 4.23. The number of carboxylic acids is 1. The molecule has 2 aliphatic rings. The molecule has 1 aromatic rings. The van der Waals surface area contributed by atoms with E-state index in [0.29, 0.717) is 12.0 Å². The third-order valence-electron chi connectivity index (χ3n) is 5.11. The monoisotopic (exact) mass is 306 g/mol. The summed E-state index contributed by atoms with van der Waals surface area (Å²) in [4.78, 5) is 18.5. The fraction of sp³-hybridized carbons (Fsp3) is 0.750. The van der Waals surface area contributed by atoms with Crippen molar-refractivity contribution in [3.63, 3.8) is 0 Å². The van der Waals surface area contributed by atoms with Crippen molar-refractivity contribution in [3.8, 4) is 0 Å². The molecule has 0 amide bonds. The summed E-state index contributed by atoms with van der Waals surface area (Å²) < 4.78 is 2.10. The van der Waals surface area contributed by atoms with Crippen LogP contribution in [0.25, 0.3) is 0 Å². The van der Waals surface area contributed by atoms with E-state index in [4.69, 9.17) is 5.73 Å². The Morgan fingerprint density at radius 3 is 2.55 bits per heavy atom. The van der Waals surface area contributed by atoms with E-state index in [9.17, 15) is 9.90 Å². The van der Waals surface area contributed by atoms with Crippen molar-refractivity contribution in [1.82, 2.24) is 14.5 Å². The van der Waals surface area contributed by atoms with Gasteiger partial charge in [0.1, 0.15) is 5.82 Å². The van der Waals surface area contributed by atoms with Gasteiger partial charge in [0.05, 0.1) is 5.69 Å². The van der Waals surface area contributed by atoms with E-state index < -0.39 is 5.97 Å². The van der Waals surface area contributed by atoms with Crippen molar-refractivity contribution in [2.75, 3.05) is 13.1 Å². The molecule has 1 saturated heterocycles. The molecule has 2 aliphatic heterocycles. The summed E-state index contributed by atoms with van der Waals surface area (Å²) in [6, 6.07) is 0.370. The van der Waals surface area contributed by atoms with Crippen LogP contribution in [0.2, 0.25) is 0 Å². The fourth-order valence-corrected chi connectivity index (χ4v) is 3.84. The average molecular weight is 306 g/mol. The van der Waals surface area contributed by atoms with Crippen LogP contribution in [0.1, 0.15) is 73.5 Å². The smallest absolute Gasteiger partial charge is 0.356 e. The second-order valence-electron chi connectivity index (χ2n) is 6.81. The first-order valence-electron chi connectivity index (χ1n) is 8.32. The largest absolute Gasteiger partial charge is 0.476 e. The number of aromatic nitrogens is 2. The molecule has 1 atom stereocenters. The van der Waals surface area contributed by atoms with Gasteiger partial charge in [-0.15, -0.1) is 0 Å². The minimum Gasteiger partial charge on any atom is -0.476 e. The first-order chi connectivity index (χ1) is 10.5. The Morgan fingerprint density at radius 1 is 1.27 bits per heavy atom. The van der Waals surface area contributed by atoms with Crippen LogP contribution < -0.4 is 5.73 Å². The standard InChI is InChI=1S/C16H26N4O2/c1-10(2)19-8-5-11(6-9-19)15-18-13(16(21)22)14-12(17)4-3-7-20(14)15/h10-12H,3-9,17H2,1-2H3,(H,21,22). The number of nitrogens with zero attached hydrogens (tertiary/aromatic N) is 3. The van der Waals surface area contributed by atoms with Crippen LogP contribution in [0.3, 0.4) is 0 Å². The normalized spacial score (nSPS) is 23.7. The van der Waals surface area contributed by atoms with Crippen LogP contribution in [0.4, 0.5) is 0 Å². The predicted octanol–water partition coefficient (Wildman–Crippen LogP) is 1.96. The molecule has 0 bridgehead atoms. The molecule has 0 aliphatic carbocycles. The molecule has 0 saturated carbocycles. The van der Waals surface area contributed by atoms with E-state index in [-0.39, 0.29) is 11.7 Å². The van der Waals surface area contributed by atoms with Crippen molar-refractivity contribution >= 4 is 5.97 Å². The van der Waals surface area contributed by atoms with Crippen LogP contribution in [0.15, 0.2) is 0 Å². The number of nitrogens with two attached hydrogens (primary N) is 1. The molecule has 3 rings (SSSR count). The van der Waals surface area contributed by atoms with Gasteiger partial charge in [0, 0.05) is 24.5 Å². The number of hydrogen-bond acceptors (Lipinski definition) is 4. The fourth-order valence-electron chi connectivity index (χ4n) is 3.84. The van der Waals surface area contributed by atoms with Crippen molar-refractivity contribution in [3.05, 3.63) is 17.2 Å². The van der Waals surface area contributed by atoms with Crippen LogP contribution in [-0.2, 0) is 6.54 Å². The number of likely N-dealkylation sites (tertiary alicyclic amines) is 1. The molecule has 1 unspecified atom stereocenters. The summed E-state index contributed by atoms with van der Waals surface area (Å²) in [6.45, 7) is 7.40. The molecule has 6 nitrogen and oxygen atoms in total. The van der Waals surface area contributed by atoms with Gasteiger partial charge < -0.3 is 20.3 Å². The summed E-state index contributed by atoms with van der Waals surface area (Å²) in [5.74, 6) is 0.352. The van der Waals surface area contributed by atoms with Gasteiger partial charge in [-0.3, -0.25) is 0 Å². The number of rotatable bonds is 3. The SMILES string of the molecule is CC(C)N1CCC(c2nc(C(=O)O)c3n2CCCC3N)CC1. The average Bonchev–Trinajstić information content (AvgIpc) is 2.88.